The zero-order chi connectivity index (χ0) is 15.8. The van der Waals surface area contributed by atoms with Gasteiger partial charge in [0.25, 0.3) is 5.91 Å². The lowest BCUT2D eigenvalue weighted by Crippen LogP contribution is -2.39. The summed E-state index contributed by atoms with van der Waals surface area (Å²) in [7, 11) is 0. The standard InChI is InChI=1S/C16H19N5O2/c1-10-7-18-13(8-17-10)16(22)21-6-2-3-12(9-21)15-19-14(20-23-15)11-4-5-11/h7-8,11-12H,2-6,9H2,1H3/t12-/m1/s1. The molecule has 1 amide bonds. The van der Waals surface area contributed by atoms with Crippen LogP contribution in [-0.2, 0) is 0 Å². The fourth-order valence-electron chi connectivity index (χ4n) is 2.95. The van der Waals surface area contributed by atoms with Crippen LogP contribution in [-0.4, -0.2) is 44.0 Å². The normalized spacial score (nSPS) is 21.4. The number of piperidine rings is 1. The zero-order valence-corrected chi connectivity index (χ0v) is 13.1. The summed E-state index contributed by atoms with van der Waals surface area (Å²) in [5.41, 5.74) is 1.19. The van der Waals surface area contributed by atoms with Gasteiger partial charge in [0.2, 0.25) is 5.89 Å². The van der Waals surface area contributed by atoms with Crippen molar-refractivity contribution in [1.29, 1.82) is 0 Å². The van der Waals surface area contributed by atoms with Crippen molar-refractivity contribution in [2.24, 2.45) is 0 Å². The summed E-state index contributed by atoms with van der Waals surface area (Å²) in [6.45, 7) is 3.18. The number of amides is 1. The van der Waals surface area contributed by atoms with Crippen molar-refractivity contribution in [3.8, 4) is 0 Å². The predicted octanol–water partition coefficient (Wildman–Crippen LogP) is 2.07. The first-order chi connectivity index (χ1) is 11.2. The zero-order valence-electron chi connectivity index (χ0n) is 13.1. The largest absolute Gasteiger partial charge is 0.339 e. The van der Waals surface area contributed by atoms with Crippen LogP contribution >= 0.6 is 0 Å². The van der Waals surface area contributed by atoms with E-state index >= 15 is 0 Å². The Morgan fingerprint density at radius 1 is 1.22 bits per heavy atom. The number of likely N-dealkylation sites (tertiary alicyclic amines) is 1. The topological polar surface area (TPSA) is 85.0 Å². The molecule has 0 spiro atoms. The van der Waals surface area contributed by atoms with Crippen LogP contribution in [0.3, 0.4) is 0 Å². The van der Waals surface area contributed by atoms with E-state index in [-0.39, 0.29) is 11.8 Å². The summed E-state index contributed by atoms with van der Waals surface area (Å²) < 4.78 is 5.43. The van der Waals surface area contributed by atoms with E-state index in [0.29, 0.717) is 24.0 Å². The molecule has 0 bridgehead atoms. The van der Waals surface area contributed by atoms with Crippen molar-refractivity contribution < 1.29 is 9.32 Å². The maximum atomic E-state index is 12.6. The molecule has 2 fully saturated rings. The highest BCUT2D eigenvalue weighted by Crippen LogP contribution is 2.39. The quantitative estimate of drug-likeness (QED) is 0.862. The van der Waals surface area contributed by atoms with Gasteiger partial charge in [0.05, 0.1) is 17.8 Å². The second-order valence-corrected chi connectivity index (χ2v) is 6.40. The van der Waals surface area contributed by atoms with Gasteiger partial charge in [0, 0.05) is 25.2 Å². The first-order valence-electron chi connectivity index (χ1n) is 8.12. The molecular formula is C16H19N5O2. The second-order valence-electron chi connectivity index (χ2n) is 6.40. The summed E-state index contributed by atoms with van der Waals surface area (Å²) in [6.07, 6.45) is 7.36. The molecule has 7 heteroatoms. The molecule has 0 N–H and O–H groups in total. The average molecular weight is 313 g/mol. The third-order valence-electron chi connectivity index (χ3n) is 4.46. The molecular weight excluding hydrogens is 294 g/mol. The molecule has 1 atom stereocenters. The molecule has 3 heterocycles. The lowest BCUT2D eigenvalue weighted by Gasteiger charge is -2.30. The van der Waals surface area contributed by atoms with E-state index in [9.17, 15) is 4.79 Å². The average Bonchev–Trinajstić information content (AvgIpc) is 3.32. The van der Waals surface area contributed by atoms with Gasteiger partial charge < -0.3 is 9.42 Å². The molecule has 1 aliphatic carbocycles. The van der Waals surface area contributed by atoms with Crippen molar-refractivity contribution in [1.82, 2.24) is 25.0 Å². The van der Waals surface area contributed by atoms with Gasteiger partial charge in [-0.3, -0.25) is 9.78 Å². The Balaban J connectivity index is 1.47. The molecule has 2 aromatic rings. The molecule has 0 unspecified atom stereocenters. The molecule has 0 radical (unpaired) electrons. The molecule has 2 aliphatic rings. The Kier molecular flexibility index (Phi) is 3.55. The first kappa shape index (κ1) is 14.3. The molecule has 1 aliphatic heterocycles. The van der Waals surface area contributed by atoms with E-state index in [2.05, 4.69) is 20.1 Å². The van der Waals surface area contributed by atoms with Gasteiger partial charge in [-0.25, -0.2) is 4.98 Å². The number of carbonyl (C=O) groups is 1. The minimum atomic E-state index is -0.0795. The lowest BCUT2D eigenvalue weighted by molar-refractivity contribution is 0.0689. The van der Waals surface area contributed by atoms with Crippen molar-refractivity contribution in [3.05, 3.63) is 35.5 Å². The highest BCUT2D eigenvalue weighted by Gasteiger charge is 2.33. The van der Waals surface area contributed by atoms with Crippen LogP contribution in [0, 0.1) is 6.92 Å². The van der Waals surface area contributed by atoms with Gasteiger partial charge in [0.15, 0.2) is 5.82 Å². The number of nitrogens with zero attached hydrogens (tertiary/aromatic N) is 5. The lowest BCUT2D eigenvalue weighted by atomic mass is 9.97. The summed E-state index contributed by atoms with van der Waals surface area (Å²) in [6, 6.07) is 0. The third kappa shape index (κ3) is 2.95. The van der Waals surface area contributed by atoms with Crippen molar-refractivity contribution in [2.45, 2.75) is 44.4 Å². The third-order valence-corrected chi connectivity index (χ3v) is 4.46. The highest BCUT2D eigenvalue weighted by atomic mass is 16.5. The number of rotatable bonds is 3. The second kappa shape index (κ2) is 5.72. The van der Waals surface area contributed by atoms with Gasteiger partial charge >= 0.3 is 0 Å². The SMILES string of the molecule is Cc1cnc(C(=O)N2CCC[C@@H](c3nc(C4CC4)no3)C2)cn1. The van der Waals surface area contributed by atoms with E-state index in [0.717, 1.165) is 43.7 Å². The van der Waals surface area contributed by atoms with Crippen LogP contribution in [0.1, 0.15) is 65.4 Å². The molecule has 4 rings (SSSR count). The minimum Gasteiger partial charge on any atom is -0.339 e. The molecule has 0 aromatic carbocycles. The molecule has 1 saturated heterocycles. The van der Waals surface area contributed by atoms with Crippen LogP contribution in [0.15, 0.2) is 16.9 Å². The van der Waals surface area contributed by atoms with Crippen molar-refractivity contribution in [2.75, 3.05) is 13.1 Å². The summed E-state index contributed by atoms with van der Waals surface area (Å²) in [5, 5.41) is 4.08. The van der Waals surface area contributed by atoms with Crippen LogP contribution in [0.4, 0.5) is 0 Å². The van der Waals surface area contributed by atoms with Gasteiger partial charge in [-0.1, -0.05) is 5.16 Å². The van der Waals surface area contributed by atoms with Crippen molar-refractivity contribution in [3.63, 3.8) is 0 Å². The maximum absolute atomic E-state index is 12.6. The summed E-state index contributed by atoms with van der Waals surface area (Å²) >= 11 is 0. The molecule has 120 valence electrons. The highest BCUT2D eigenvalue weighted by molar-refractivity contribution is 5.92. The minimum absolute atomic E-state index is 0.0795. The fourth-order valence-corrected chi connectivity index (χ4v) is 2.95. The first-order valence-corrected chi connectivity index (χ1v) is 8.12. The Morgan fingerprint density at radius 3 is 2.83 bits per heavy atom. The molecule has 7 nitrogen and oxygen atoms in total. The van der Waals surface area contributed by atoms with E-state index in [4.69, 9.17) is 4.52 Å². The number of hydrogen-bond donors (Lipinski definition) is 0. The number of aromatic nitrogens is 4. The maximum Gasteiger partial charge on any atom is 0.274 e. The van der Waals surface area contributed by atoms with Crippen LogP contribution in [0.5, 0.6) is 0 Å². The van der Waals surface area contributed by atoms with Gasteiger partial charge in [-0.05, 0) is 32.6 Å². The number of carbonyl (C=O) groups excluding carboxylic acids is 1. The van der Waals surface area contributed by atoms with E-state index in [1.807, 2.05) is 11.8 Å². The summed E-state index contributed by atoms with van der Waals surface area (Å²) in [4.78, 5) is 27.2. The Labute approximate surface area is 134 Å². The van der Waals surface area contributed by atoms with Crippen LogP contribution in [0.25, 0.3) is 0 Å². The van der Waals surface area contributed by atoms with E-state index < -0.39 is 0 Å². The fraction of sp³-hybridized carbons (Fsp3) is 0.562. The number of aryl methyl sites for hydroxylation is 1. The van der Waals surface area contributed by atoms with Gasteiger partial charge in [-0.2, -0.15) is 4.98 Å². The van der Waals surface area contributed by atoms with Crippen LogP contribution < -0.4 is 0 Å². The summed E-state index contributed by atoms with van der Waals surface area (Å²) in [5.74, 6) is 2.01. The monoisotopic (exact) mass is 313 g/mol. The Hall–Kier alpha value is -2.31. The molecule has 1 saturated carbocycles. The predicted molar refractivity (Wildman–Crippen MR) is 80.9 cm³/mol. The Bertz CT molecular complexity index is 708. The van der Waals surface area contributed by atoms with Crippen molar-refractivity contribution >= 4 is 5.91 Å². The smallest absolute Gasteiger partial charge is 0.274 e. The Morgan fingerprint density at radius 2 is 2.09 bits per heavy atom. The van der Waals surface area contributed by atoms with E-state index in [1.54, 1.807) is 12.4 Å². The molecule has 23 heavy (non-hydrogen) atoms. The van der Waals surface area contributed by atoms with Gasteiger partial charge in [-0.15, -0.1) is 0 Å². The number of hydrogen-bond acceptors (Lipinski definition) is 6. The van der Waals surface area contributed by atoms with Gasteiger partial charge in [0.1, 0.15) is 5.69 Å². The molecule has 2 aromatic heterocycles. The van der Waals surface area contributed by atoms with E-state index in [1.165, 1.54) is 0 Å². The van der Waals surface area contributed by atoms with Crippen LogP contribution in [0.2, 0.25) is 0 Å².